The number of nitriles is 1. The second kappa shape index (κ2) is 13.9. The Labute approximate surface area is 296 Å². The Kier molecular flexibility index (Phi) is 9.31. The van der Waals surface area contributed by atoms with E-state index in [9.17, 15) is 5.26 Å². The van der Waals surface area contributed by atoms with Gasteiger partial charge in [0.15, 0.2) is 0 Å². The van der Waals surface area contributed by atoms with Crippen LogP contribution in [-0.2, 0) is 21.1 Å². The standard InChI is InChI=1S/C40H28N5.CN.Pt/c1-42-27-43(37-20-9-8-19-36(37)42)32-17-12-18-33(25-32)44-28-45(39-22-11-10-21-38(39)44)40-34(30-13-4-2-5-14-30)23-29(26-41)24-35(40)31-15-6-3-7-16-31;1-2;/h2-24,27-28H,1H3;;/q-3;-1;+4. The predicted molar refractivity (Wildman–Crippen MR) is 189 cm³/mol. The molecule has 0 saturated carbocycles. The third-order valence-corrected chi connectivity index (χ3v) is 8.37. The van der Waals surface area contributed by atoms with Gasteiger partial charge in [-0.15, -0.1) is 36.2 Å². The topological polar surface area (TPSA) is 60.5 Å². The van der Waals surface area contributed by atoms with Gasteiger partial charge in [-0.25, -0.2) is 0 Å². The summed E-state index contributed by atoms with van der Waals surface area (Å²) >= 11 is 0. The number of rotatable bonds is 5. The summed E-state index contributed by atoms with van der Waals surface area (Å²) in [6.45, 7) is 9.00. The summed E-state index contributed by atoms with van der Waals surface area (Å²) in [4.78, 5) is 8.77. The average Bonchev–Trinajstić information content (AvgIpc) is 3.71. The Balaban J connectivity index is 0.00000131. The van der Waals surface area contributed by atoms with Crippen molar-refractivity contribution in [3.63, 3.8) is 0 Å². The predicted octanol–water partition coefficient (Wildman–Crippen LogP) is 9.90. The summed E-state index contributed by atoms with van der Waals surface area (Å²) in [6, 6.07) is 53.8. The van der Waals surface area contributed by atoms with Gasteiger partial charge in [0, 0.05) is 39.6 Å². The molecule has 0 bridgehead atoms. The summed E-state index contributed by atoms with van der Waals surface area (Å²) < 4.78 is 0. The maximum Gasteiger partial charge on any atom is 4.00 e. The zero-order chi connectivity index (χ0) is 32.3. The molecular weight excluding hydrogens is 772 g/mol. The zero-order valence-corrected chi connectivity index (χ0v) is 28.2. The van der Waals surface area contributed by atoms with Crippen molar-refractivity contribution in [3.8, 4) is 28.3 Å². The van der Waals surface area contributed by atoms with Gasteiger partial charge >= 0.3 is 21.1 Å². The first kappa shape index (κ1) is 32.1. The van der Waals surface area contributed by atoms with Gasteiger partial charge in [0.1, 0.15) is 0 Å². The van der Waals surface area contributed by atoms with Crippen LogP contribution in [-0.4, -0.2) is 7.05 Å². The van der Waals surface area contributed by atoms with Gasteiger partial charge in [0.05, 0.1) is 11.6 Å². The van der Waals surface area contributed by atoms with E-state index in [-0.39, 0.29) is 21.1 Å². The maximum atomic E-state index is 10.1. The number of benzene rings is 6. The van der Waals surface area contributed by atoms with Crippen molar-refractivity contribution in [1.29, 1.82) is 10.5 Å². The van der Waals surface area contributed by atoms with Crippen molar-refractivity contribution in [2.45, 2.75) is 0 Å². The fourth-order valence-corrected chi connectivity index (χ4v) is 6.30. The summed E-state index contributed by atoms with van der Waals surface area (Å²) in [5.74, 6) is 0. The van der Waals surface area contributed by atoms with Crippen LogP contribution in [0.3, 0.4) is 0 Å². The second-order valence-electron chi connectivity index (χ2n) is 11.1. The van der Waals surface area contributed by atoms with Crippen LogP contribution in [0.15, 0.2) is 140 Å². The number of hydrogen-bond acceptors (Lipinski definition) is 6. The molecule has 0 radical (unpaired) electrons. The molecule has 2 aliphatic rings. The molecule has 0 fully saturated rings. The van der Waals surface area contributed by atoms with Crippen LogP contribution >= 0.6 is 0 Å². The average molecular weight is 800 g/mol. The molecule has 0 aliphatic carbocycles. The van der Waals surface area contributed by atoms with Crippen LogP contribution in [0, 0.1) is 42.6 Å². The van der Waals surface area contributed by atoms with E-state index in [1.54, 1.807) is 0 Å². The fourth-order valence-electron chi connectivity index (χ4n) is 6.30. The Morgan fingerprint density at radius 1 is 0.562 bits per heavy atom. The molecule has 0 N–H and O–H groups in total. The number of fused-ring (bicyclic) bond motifs is 2. The first-order valence-electron chi connectivity index (χ1n) is 15.1. The number of nitrogens with zero attached hydrogens (tertiary/aromatic N) is 6. The first-order chi connectivity index (χ1) is 23.2. The van der Waals surface area contributed by atoms with E-state index in [1.165, 1.54) is 0 Å². The molecule has 0 saturated heterocycles. The minimum Gasteiger partial charge on any atom is -0.512 e. The molecule has 2 aliphatic heterocycles. The Hall–Kier alpha value is -5.81. The number of hydrogen-bond donors (Lipinski definition) is 0. The van der Waals surface area contributed by atoms with Gasteiger partial charge in [0.2, 0.25) is 0 Å². The summed E-state index contributed by atoms with van der Waals surface area (Å²) in [5, 5.41) is 16.3. The molecule has 0 atom stereocenters. The van der Waals surface area contributed by atoms with E-state index in [4.69, 9.17) is 11.8 Å². The van der Waals surface area contributed by atoms with Crippen LogP contribution in [0.25, 0.3) is 22.3 Å². The Morgan fingerprint density at radius 2 is 1.00 bits per heavy atom. The zero-order valence-electron chi connectivity index (χ0n) is 25.9. The fraction of sp³-hybridized carbons (Fsp3) is 0.0244. The van der Waals surface area contributed by atoms with Gasteiger partial charge in [-0.05, 0) is 54.6 Å². The van der Waals surface area contributed by atoms with Gasteiger partial charge in [0.25, 0.3) is 0 Å². The third-order valence-electron chi connectivity index (χ3n) is 8.37. The number of para-hydroxylation sites is 4. The third kappa shape index (κ3) is 5.69. The molecule has 8 rings (SSSR count). The molecule has 0 aromatic heterocycles. The van der Waals surface area contributed by atoms with Crippen molar-refractivity contribution in [1.82, 2.24) is 0 Å². The van der Waals surface area contributed by atoms with Crippen LogP contribution in [0.5, 0.6) is 0 Å². The van der Waals surface area contributed by atoms with Gasteiger partial charge in [-0.3, -0.25) is 0 Å². The van der Waals surface area contributed by atoms with E-state index in [2.05, 4.69) is 143 Å². The first-order valence-corrected chi connectivity index (χ1v) is 15.1. The molecule has 232 valence electrons. The summed E-state index contributed by atoms with van der Waals surface area (Å²) in [7, 11) is 2.07. The van der Waals surface area contributed by atoms with Crippen LogP contribution in [0.1, 0.15) is 5.56 Å². The minimum atomic E-state index is 0. The van der Waals surface area contributed by atoms with Crippen molar-refractivity contribution in [2.75, 3.05) is 26.6 Å². The molecule has 2 heterocycles. The van der Waals surface area contributed by atoms with E-state index >= 15 is 0 Å². The molecule has 6 nitrogen and oxygen atoms in total. The summed E-state index contributed by atoms with van der Waals surface area (Å²) in [6.07, 6.45) is 0. The van der Waals surface area contributed by atoms with E-state index in [1.807, 2.05) is 48.5 Å². The molecule has 6 aromatic carbocycles. The molecule has 0 amide bonds. The smallest absolute Gasteiger partial charge is 0.512 e. The van der Waals surface area contributed by atoms with Crippen molar-refractivity contribution < 1.29 is 21.1 Å². The molecular formula is C41H28N6Pt. The van der Waals surface area contributed by atoms with Crippen molar-refractivity contribution in [3.05, 3.63) is 171 Å². The molecule has 0 spiro atoms. The number of anilines is 7. The van der Waals surface area contributed by atoms with Crippen molar-refractivity contribution in [2.24, 2.45) is 0 Å². The largest absolute Gasteiger partial charge is 4.00 e. The molecule has 0 unspecified atom stereocenters. The van der Waals surface area contributed by atoms with E-state index < -0.39 is 0 Å². The van der Waals surface area contributed by atoms with Crippen LogP contribution in [0.2, 0.25) is 0 Å². The van der Waals surface area contributed by atoms with Gasteiger partial charge in [-0.1, -0.05) is 84.9 Å². The Bertz CT molecular complexity index is 2060. The Morgan fingerprint density at radius 3 is 1.52 bits per heavy atom. The van der Waals surface area contributed by atoms with Gasteiger partial charge in [-0.2, -0.15) is 18.0 Å². The van der Waals surface area contributed by atoms with Crippen molar-refractivity contribution >= 4 is 39.8 Å². The molecule has 48 heavy (non-hydrogen) atoms. The summed E-state index contributed by atoms with van der Waals surface area (Å²) in [5.41, 5.74) is 12.0. The SMILES string of the molecule is CN1[CH-]N(c2[c-]c(N3[CH-]N(c4c(-c5ccccc5)cc(C#N)cc4-c4ccccc4)c4ccccc43)ccc2)c2ccccc21.[C-]#N.[Pt+4]. The second-order valence-corrected chi connectivity index (χ2v) is 11.1. The molecule has 7 heteroatoms. The minimum absolute atomic E-state index is 0. The van der Waals surface area contributed by atoms with E-state index in [0.29, 0.717) is 5.56 Å². The van der Waals surface area contributed by atoms with E-state index in [0.717, 1.165) is 62.1 Å². The van der Waals surface area contributed by atoms with Gasteiger partial charge < -0.3 is 31.4 Å². The maximum absolute atomic E-state index is 10.1. The monoisotopic (exact) mass is 799 g/mol. The van der Waals surface area contributed by atoms with Crippen LogP contribution < -0.4 is 19.6 Å². The quantitative estimate of drug-likeness (QED) is 0.162. The normalized spacial score (nSPS) is 12.7. The van der Waals surface area contributed by atoms with Crippen LogP contribution in [0.4, 0.5) is 39.8 Å². The molecule has 6 aromatic rings.